The van der Waals surface area contributed by atoms with Crippen LogP contribution in [0.5, 0.6) is 0 Å². The van der Waals surface area contributed by atoms with Gasteiger partial charge in [-0.3, -0.25) is 9.59 Å². The number of carboxylic acids is 1. The summed E-state index contributed by atoms with van der Waals surface area (Å²) in [4.78, 5) is 48.3. The van der Waals surface area contributed by atoms with Crippen molar-refractivity contribution in [2.75, 3.05) is 31.1 Å². The van der Waals surface area contributed by atoms with E-state index in [1.807, 2.05) is 18.7 Å². The maximum Gasteiger partial charge on any atom is 0.336 e. The number of anilines is 1. The van der Waals surface area contributed by atoms with E-state index in [0.29, 0.717) is 38.5 Å². The zero-order valence-corrected chi connectivity index (χ0v) is 15.9. The Balaban J connectivity index is 1.57. The Hall–Kier alpha value is -2.75. The SMILES string of the molecule is CC(C)CC(NC(=O)[C@@H]1O[C@H]1C(=O)O)C(=O)N1CCN(c2ncccn2)CC1. The Morgan fingerprint density at radius 1 is 1.18 bits per heavy atom. The molecular weight excluding hydrogens is 366 g/mol. The van der Waals surface area contributed by atoms with Crippen LogP contribution in [-0.2, 0) is 19.1 Å². The molecule has 0 bridgehead atoms. The van der Waals surface area contributed by atoms with Crippen LogP contribution in [0.2, 0.25) is 0 Å². The third-order valence-corrected chi connectivity index (χ3v) is 4.74. The van der Waals surface area contributed by atoms with Crippen molar-refractivity contribution in [3.05, 3.63) is 18.5 Å². The van der Waals surface area contributed by atoms with Crippen LogP contribution in [0, 0.1) is 5.92 Å². The third-order valence-electron chi connectivity index (χ3n) is 4.74. The molecule has 1 aromatic rings. The fraction of sp³-hybridized carbons (Fsp3) is 0.611. The highest BCUT2D eigenvalue weighted by molar-refractivity contribution is 5.95. The molecule has 1 unspecified atom stereocenters. The van der Waals surface area contributed by atoms with E-state index >= 15 is 0 Å². The minimum Gasteiger partial charge on any atom is -0.479 e. The fourth-order valence-corrected chi connectivity index (χ4v) is 3.25. The van der Waals surface area contributed by atoms with Crippen molar-refractivity contribution in [3.8, 4) is 0 Å². The lowest BCUT2D eigenvalue weighted by Crippen LogP contribution is -2.56. The molecule has 152 valence electrons. The molecule has 28 heavy (non-hydrogen) atoms. The zero-order chi connectivity index (χ0) is 20.3. The van der Waals surface area contributed by atoms with Crippen molar-refractivity contribution in [1.82, 2.24) is 20.2 Å². The van der Waals surface area contributed by atoms with E-state index in [0.717, 1.165) is 0 Å². The van der Waals surface area contributed by atoms with E-state index in [-0.39, 0.29) is 11.8 Å². The molecule has 3 atom stereocenters. The molecule has 0 spiro atoms. The minimum absolute atomic E-state index is 0.164. The lowest BCUT2D eigenvalue weighted by Gasteiger charge is -2.36. The van der Waals surface area contributed by atoms with E-state index < -0.39 is 30.1 Å². The van der Waals surface area contributed by atoms with Crippen LogP contribution in [0.1, 0.15) is 20.3 Å². The Bertz CT molecular complexity index is 720. The second-order valence-electron chi connectivity index (χ2n) is 7.37. The largest absolute Gasteiger partial charge is 0.479 e. The normalized spacial score (nSPS) is 22.7. The number of carbonyl (C=O) groups excluding carboxylic acids is 2. The molecule has 3 heterocycles. The van der Waals surface area contributed by atoms with Gasteiger partial charge in [-0.25, -0.2) is 14.8 Å². The summed E-state index contributed by atoms with van der Waals surface area (Å²) < 4.78 is 4.88. The Morgan fingerprint density at radius 3 is 2.36 bits per heavy atom. The van der Waals surface area contributed by atoms with Gasteiger partial charge in [0.15, 0.2) is 12.2 Å². The number of nitrogens with zero attached hydrogens (tertiary/aromatic N) is 4. The van der Waals surface area contributed by atoms with Crippen LogP contribution in [-0.4, -0.2) is 82.2 Å². The van der Waals surface area contributed by atoms with Crippen molar-refractivity contribution >= 4 is 23.7 Å². The number of piperazine rings is 1. The molecule has 10 nitrogen and oxygen atoms in total. The molecule has 0 aliphatic carbocycles. The molecule has 2 saturated heterocycles. The number of aliphatic carboxylic acids is 1. The summed E-state index contributed by atoms with van der Waals surface area (Å²) in [5, 5.41) is 11.6. The molecule has 10 heteroatoms. The number of nitrogens with one attached hydrogen (secondary N) is 1. The zero-order valence-electron chi connectivity index (χ0n) is 15.9. The number of aromatic nitrogens is 2. The van der Waals surface area contributed by atoms with Gasteiger partial charge in [0.1, 0.15) is 6.04 Å². The van der Waals surface area contributed by atoms with E-state index in [9.17, 15) is 14.4 Å². The number of rotatable bonds is 7. The Labute approximate surface area is 162 Å². The number of ether oxygens (including phenoxy) is 1. The van der Waals surface area contributed by atoms with E-state index in [1.54, 1.807) is 23.4 Å². The Morgan fingerprint density at radius 2 is 1.82 bits per heavy atom. The number of carboxylic acid groups (broad SMARTS) is 1. The standard InChI is InChI=1S/C18H25N5O5/c1-11(2)10-12(21-15(24)13-14(28-13)17(26)27)16(25)22-6-8-23(9-7-22)18-19-4-3-5-20-18/h3-5,11-14H,6-10H2,1-2H3,(H,21,24)(H,26,27)/t12?,13-,14-/m1/s1. The number of hydrogen-bond donors (Lipinski definition) is 2. The van der Waals surface area contributed by atoms with Gasteiger partial charge in [-0.05, 0) is 18.4 Å². The lowest BCUT2D eigenvalue weighted by molar-refractivity contribution is -0.138. The predicted molar refractivity (Wildman–Crippen MR) is 98.5 cm³/mol. The van der Waals surface area contributed by atoms with Gasteiger partial charge in [0.2, 0.25) is 11.9 Å². The second kappa shape index (κ2) is 8.51. The summed E-state index contributed by atoms with van der Waals surface area (Å²) in [7, 11) is 0. The summed E-state index contributed by atoms with van der Waals surface area (Å²) in [5.41, 5.74) is 0. The highest BCUT2D eigenvalue weighted by Gasteiger charge is 2.51. The first-order valence-corrected chi connectivity index (χ1v) is 9.36. The fourth-order valence-electron chi connectivity index (χ4n) is 3.25. The first-order chi connectivity index (χ1) is 13.4. The predicted octanol–water partition coefficient (Wildman–Crippen LogP) is -0.492. The second-order valence-corrected chi connectivity index (χ2v) is 7.37. The van der Waals surface area contributed by atoms with Crippen LogP contribution >= 0.6 is 0 Å². The molecule has 2 N–H and O–H groups in total. The summed E-state index contributed by atoms with van der Waals surface area (Å²) in [6, 6.07) is 1.05. The molecular formula is C18H25N5O5. The van der Waals surface area contributed by atoms with Crippen molar-refractivity contribution in [1.29, 1.82) is 0 Å². The summed E-state index contributed by atoms with van der Waals surface area (Å²) in [6.07, 6.45) is 1.68. The molecule has 2 aliphatic heterocycles. The van der Waals surface area contributed by atoms with Crippen molar-refractivity contribution in [2.24, 2.45) is 5.92 Å². The Kier molecular flexibility index (Phi) is 6.08. The van der Waals surface area contributed by atoms with Gasteiger partial charge in [-0.15, -0.1) is 0 Å². The van der Waals surface area contributed by atoms with Gasteiger partial charge in [0, 0.05) is 38.6 Å². The maximum absolute atomic E-state index is 13.0. The topological polar surface area (TPSA) is 128 Å². The van der Waals surface area contributed by atoms with Crippen molar-refractivity contribution < 1.29 is 24.2 Å². The van der Waals surface area contributed by atoms with E-state index in [2.05, 4.69) is 15.3 Å². The molecule has 0 saturated carbocycles. The molecule has 2 amide bonds. The number of hydrogen-bond acceptors (Lipinski definition) is 7. The van der Waals surface area contributed by atoms with Gasteiger partial charge in [0.05, 0.1) is 0 Å². The van der Waals surface area contributed by atoms with E-state index in [1.165, 1.54) is 0 Å². The lowest BCUT2D eigenvalue weighted by atomic mass is 10.0. The van der Waals surface area contributed by atoms with Gasteiger partial charge >= 0.3 is 5.97 Å². The first-order valence-electron chi connectivity index (χ1n) is 9.36. The molecule has 0 radical (unpaired) electrons. The van der Waals surface area contributed by atoms with Crippen LogP contribution in [0.4, 0.5) is 5.95 Å². The van der Waals surface area contributed by atoms with Crippen LogP contribution in [0.3, 0.4) is 0 Å². The summed E-state index contributed by atoms with van der Waals surface area (Å²) in [6.45, 7) is 6.13. The van der Waals surface area contributed by atoms with Crippen LogP contribution < -0.4 is 10.2 Å². The average molecular weight is 391 g/mol. The third kappa shape index (κ3) is 4.75. The summed E-state index contributed by atoms with van der Waals surface area (Å²) >= 11 is 0. The minimum atomic E-state index is -1.17. The number of carbonyl (C=O) groups is 3. The van der Waals surface area contributed by atoms with Gasteiger partial charge in [-0.1, -0.05) is 13.8 Å². The van der Waals surface area contributed by atoms with Crippen LogP contribution in [0.25, 0.3) is 0 Å². The highest BCUT2D eigenvalue weighted by atomic mass is 16.6. The van der Waals surface area contributed by atoms with Crippen molar-refractivity contribution in [3.63, 3.8) is 0 Å². The van der Waals surface area contributed by atoms with Crippen LogP contribution in [0.15, 0.2) is 18.5 Å². The van der Waals surface area contributed by atoms with Gasteiger partial charge in [-0.2, -0.15) is 0 Å². The van der Waals surface area contributed by atoms with E-state index in [4.69, 9.17) is 9.84 Å². The monoisotopic (exact) mass is 391 g/mol. The highest BCUT2D eigenvalue weighted by Crippen LogP contribution is 2.23. The molecule has 2 fully saturated rings. The number of amides is 2. The molecule has 1 aromatic heterocycles. The quantitative estimate of drug-likeness (QED) is 0.596. The van der Waals surface area contributed by atoms with Gasteiger partial charge in [0.25, 0.3) is 5.91 Å². The van der Waals surface area contributed by atoms with Gasteiger partial charge < -0.3 is 25.0 Å². The smallest absolute Gasteiger partial charge is 0.336 e. The number of epoxide rings is 1. The first kappa shape index (κ1) is 20.0. The maximum atomic E-state index is 13.0. The van der Waals surface area contributed by atoms with Crippen molar-refractivity contribution in [2.45, 2.75) is 38.5 Å². The summed E-state index contributed by atoms with van der Waals surface area (Å²) in [5.74, 6) is -1.08. The molecule has 0 aromatic carbocycles. The molecule has 3 rings (SSSR count). The molecule has 2 aliphatic rings. The average Bonchev–Trinajstić information content (AvgIpc) is 3.49.